The first kappa shape index (κ1) is 17.5. The van der Waals surface area contributed by atoms with Crippen molar-refractivity contribution in [2.45, 2.75) is 0 Å². The molecule has 9 heteroatoms. The number of phenolic OH excluding ortho intramolecular Hbond substituents is 3. The predicted molar refractivity (Wildman–Crippen MR) is 84.4 cm³/mol. The monoisotopic (exact) mass is 399 g/mol. The maximum Gasteiger partial charge on any atom is 0.338 e. The Morgan fingerprint density at radius 3 is 2.33 bits per heavy atom. The molecule has 0 saturated carbocycles. The van der Waals surface area contributed by atoms with Crippen molar-refractivity contribution in [2.75, 3.05) is 11.9 Å². The highest BCUT2D eigenvalue weighted by Gasteiger charge is 2.16. The molecule has 1 amide bonds. The summed E-state index contributed by atoms with van der Waals surface area (Å²) in [7, 11) is 0. The Hall–Kier alpha value is -2.81. The van der Waals surface area contributed by atoms with Crippen LogP contribution in [0.5, 0.6) is 17.2 Å². The SMILES string of the molecule is O=C(COC(=O)c1cc(O)c(O)c(O)c1)Nc1ccc(Br)cc1F. The smallest absolute Gasteiger partial charge is 0.338 e. The Balaban J connectivity index is 1.97. The highest BCUT2D eigenvalue weighted by Crippen LogP contribution is 2.35. The number of ether oxygens (including phenoxy) is 1. The summed E-state index contributed by atoms with van der Waals surface area (Å²) < 4.78 is 18.8. The van der Waals surface area contributed by atoms with Gasteiger partial charge < -0.3 is 25.4 Å². The molecule has 0 radical (unpaired) electrons. The van der Waals surface area contributed by atoms with E-state index in [1.807, 2.05) is 0 Å². The number of hydrogen-bond donors (Lipinski definition) is 4. The van der Waals surface area contributed by atoms with Crippen LogP contribution in [-0.4, -0.2) is 33.8 Å². The van der Waals surface area contributed by atoms with Crippen LogP contribution in [0.15, 0.2) is 34.8 Å². The number of phenols is 3. The molecular formula is C15H11BrFNO6. The van der Waals surface area contributed by atoms with Gasteiger partial charge in [0.1, 0.15) is 5.82 Å². The maximum absolute atomic E-state index is 13.6. The quantitative estimate of drug-likeness (QED) is 0.463. The minimum absolute atomic E-state index is 0.0841. The second-order valence-corrected chi connectivity index (χ2v) is 5.53. The Morgan fingerprint density at radius 1 is 1.12 bits per heavy atom. The molecule has 0 aliphatic heterocycles. The summed E-state index contributed by atoms with van der Waals surface area (Å²) in [6.45, 7) is -0.712. The zero-order chi connectivity index (χ0) is 17.9. The second kappa shape index (κ2) is 7.18. The van der Waals surface area contributed by atoms with Crippen molar-refractivity contribution < 1.29 is 34.0 Å². The molecule has 0 aliphatic carbocycles. The lowest BCUT2D eigenvalue weighted by Crippen LogP contribution is -2.21. The highest BCUT2D eigenvalue weighted by atomic mass is 79.9. The van der Waals surface area contributed by atoms with Crippen LogP contribution in [0.3, 0.4) is 0 Å². The van der Waals surface area contributed by atoms with E-state index < -0.39 is 41.5 Å². The van der Waals surface area contributed by atoms with Crippen LogP contribution in [-0.2, 0) is 9.53 Å². The Morgan fingerprint density at radius 2 is 1.75 bits per heavy atom. The van der Waals surface area contributed by atoms with Crippen LogP contribution in [0.25, 0.3) is 0 Å². The molecule has 2 aromatic rings. The van der Waals surface area contributed by atoms with Gasteiger partial charge >= 0.3 is 5.97 Å². The van der Waals surface area contributed by atoms with E-state index in [1.54, 1.807) is 0 Å². The van der Waals surface area contributed by atoms with Crippen LogP contribution in [0.4, 0.5) is 10.1 Å². The number of carbonyl (C=O) groups excluding carboxylic acids is 2. The number of nitrogens with one attached hydrogen (secondary N) is 1. The summed E-state index contributed by atoms with van der Waals surface area (Å²) in [5, 5.41) is 30.0. The zero-order valence-corrected chi connectivity index (χ0v) is 13.5. The van der Waals surface area contributed by atoms with Crippen LogP contribution in [0, 0.1) is 5.82 Å². The van der Waals surface area contributed by atoms with Gasteiger partial charge in [-0.25, -0.2) is 9.18 Å². The van der Waals surface area contributed by atoms with E-state index >= 15 is 0 Å². The molecule has 4 N–H and O–H groups in total. The number of benzene rings is 2. The molecular weight excluding hydrogens is 389 g/mol. The lowest BCUT2D eigenvalue weighted by Gasteiger charge is -2.08. The summed E-state index contributed by atoms with van der Waals surface area (Å²) in [4.78, 5) is 23.4. The number of anilines is 1. The van der Waals surface area contributed by atoms with Gasteiger partial charge in [-0.15, -0.1) is 0 Å². The van der Waals surface area contributed by atoms with Crippen molar-refractivity contribution in [2.24, 2.45) is 0 Å². The van der Waals surface area contributed by atoms with Crippen LogP contribution in [0.2, 0.25) is 0 Å². The van der Waals surface area contributed by atoms with E-state index in [1.165, 1.54) is 12.1 Å². The van der Waals surface area contributed by atoms with E-state index in [2.05, 4.69) is 26.0 Å². The van der Waals surface area contributed by atoms with Crippen molar-refractivity contribution >= 4 is 33.5 Å². The fourth-order valence-electron chi connectivity index (χ4n) is 1.71. The normalized spacial score (nSPS) is 10.2. The zero-order valence-electron chi connectivity index (χ0n) is 11.9. The number of esters is 1. The number of amides is 1. The summed E-state index contributed by atoms with van der Waals surface area (Å²) >= 11 is 3.07. The number of halogens is 2. The molecule has 24 heavy (non-hydrogen) atoms. The van der Waals surface area contributed by atoms with Gasteiger partial charge in [0.25, 0.3) is 5.91 Å². The van der Waals surface area contributed by atoms with Crippen molar-refractivity contribution in [3.63, 3.8) is 0 Å². The lowest BCUT2D eigenvalue weighted by atomic mass is 10.2. The fraction of sp³-hybridized carbons (Fsp3) is 0.0667. The summed E-state index contributed by atoms with van der Waals surface area (Å²) in [6.07, 6.45) is 0. The molecule has 0 atom stereocenters. The average Bonchev–Trinajstić information content (AvgIpc) is 2.52. The molecule has 0 aromatic heterocycles. The minimum Gasteiger partial charge on any atom is -0.504 e. The Kier molecular flexibility index (Phi) is 5.24. The van der Waals surface area contributed by atoms with Crippen LogP contribution < -0.4 is 5.32 Å². The molecule has 126 valence electrons. The second-order valence-electron chi connectivity index (χ2n) is 4.61. The third-order valence-electron chi connectivity index (χ3n) is 2.84. The van der Waals surface area contributed by atoms with Gasteiger partial charge in [-0.05, 0) is 30.3 Å². The van der Waals surface area contributed by atoms with Gasteiger partial charge in [0, 0.05) is 4.47 Å². The van der Waals surface area contributed by atoms with E-state index in [4.69, 9.17) is 0 Å². The number of carbonyl (C=O) groups is 2. The van der Waals surface area contributed by atoms with E-state index in [0.29, 0.717) is 4.47 Å². The van der Waals surface area contributed by atoms with Crippen LogP contribution in [0.1, 0.15) is 10.4 Å². The van der Waals surface area contributed by atoms with E-state index in [0.717, 1.165) is 18.2 Å². The molecule has 0 aliphatic rings. The summed E-state index contributed by atoms with van der Waals surface area (Å²) in [5.74, 6) is -4.69. The van der Waals surface area contributed by atoms with Gasteiger partial charge in [-0.2, -0.15) is 0 Å². The maximum atomic E-state index is 13.6. The van der Waals surface area contributed by atoms with E-state index in [-0.39, 0.29) is 11.3 Å². The molecule has 0 fully saturated rings. The molecule has 0 unspecified atom stereocenters. The number of hydrogen-bond acceptors (Lipinski definition) is 6. The average molecular weight is 400 g/mol. The molecule has 2 aromatic carbocycles. The largest absolute Gasteiger partial charge is 0.504 e. The predicted octanol–water partition coefficient (Wildman–Crippen LogP) is 2.50. The lowest BCUT2D eigenvalue weighted by molar-refractivity contribution is -0.119. The molecule has 0 heterocycles. The van der Waals surface area contributed by atoms with Crippen molar-refractivity contribution in [3.05, 3.63) is 46.2 Å². The minimum atomic E-state index is -1.02. The van der Waals surface area contributed by atoms with E-state index in [9.17, 15) is 29.3 Å². The fourth-order valence-corrected chi connectivity index (χ4v) is 2.05. The molecule has 0 spiro atoms. The standard InChI is InChI=1S/C15H11BrFNO6/c16-8-1-2-10(9(17)5-8)18-13(21)6-24-15(23)7-3-11(19)14(22)12(20)4-7/h1-5,19-20,22H,6H2,(H,18,21). The third kappa shape index (κ3) is 4.13. The molecule has 2 rings (SSSR count). The topological polar surface area (TPSA) is 116 Å². The summed E-state index contributed by atoms with van der Waals surface area (Å²) in [5.41, 5.74) is -0.357. The first-order valence-electron chi connectivity index (χ1n) is 6.45. The summed E-state index contributed by atoms with van der Waals surface area (Å²) in [6, 6.07) is 5.73. The first-order valence-corrected chi connectivity index (χ1v) is 7.24. The highest BCUT2D eigenvalue weighted by molar-refractivity contribution is 9.10. The third-order valence-corrected chi connectivity index (χ3v) is 3.34. The van der Waals surface area contributed by atoms with Gasteiger partial charge in [-0.1, -0.05) is 15.9 Å². The van der Waals surface area contributed by atoms with Gasteiger partial charge in [0.2, 0.25) is 0 Å². The molecule has 0 bridgehead atoms. The van der Waals surface area contributed by atoms with Gasteiger partial charge in [0.15, 0.2) is 23.9 Å². The van der Waals surface area contributed by atoms with Gasteiger partial charge in [-0.3, -0.25) is 4.79 Å². The Bertz CT molecular complexity index is 788. The van der Waals surface area contributed by atoms with Gasteiger partial charge in [0.05, 0.1) is 11.3 Å². The molecule has 0 saturated heterocycles. The van der Waals surface area contributed by atoms with Crippen molar-refractivity contribution in [1.29, 1.82) is 0 Å². The first-order chi connectivity index (χ1) is 11.3. The van der Waals surface area contributed by atoms with Crippen molar-refractivity contribution in [3.8, 4) is 17.2 Å². The number of aromatic hydroxyl groups is 3. The van der Waals surface area contributed by atoms with Crippen molar-refractivity contribution in [1.82, 2.24) is 0 Å². The Labute approximate surface area is 143 Å². The number of rotatable bonds is 4. The molecule has 7 nitrogen and oxygen atoms in total. The van der Waals surface area contributed by atoms with Crippen LogP contribution >= 0.6 is 15.9 Å².